The van der Waals surface area contributed by atoms with Crippen LogP contribution in [0.15, 0.2) is 32.9 Å². The van der Waals surface area contributed by atoms with Crippen molar-refractivity contribution in [2.45, 2.75) is 9.24 Å². The van der Waals surface area contributed by atoms with Crippen molar-refractivity contribution in [1.82, 2.24) is 10.2 Å². The quantitative estimate of drug-likeness (QED) is 0.804. The first-order valence-electron chi connectivity index (χ1n) is 4.30. The molecule has 5 nitrogen and oxygen atoms in total. The zero-order chi connectivity index (χ0) is 11.5. The molecule has 1 aromatic carbocycles. The van der Waals surface area contributed by atoms with Crippen molar-refractivity contribution in [2.24, 2.45) is 5.73 Å². The molecule has 4 N–H and O–H groups in total. The summed E-state index contributed by atoms with van der Waals surface area (Å²) in [6.07, 6.45) is 0. The number of primary amides is 1. The number of carbonyl (C=O) groups is 1. The summed E-state index contributed by atoms with van der Waals surface area (Å²) >= 11 is 2.72. The number of aromatic nitrogens is 2. The average molecular weight is 252 g/mol. The van der Waals surface area contributed by atoms with Gasteiger partial charge in [0, 0.05) is 10.6 Å². The van der Waals surface area contributed by atoms with E-state index in [1.54, 1.807) is 23.7 Å². The highest BCUT2D eigenvalue weighted by Crippen LogP contribution is 2.32. The summed E-state index contributed by atoms with van der Waals surface area (Å²) in [6.45, 7) is 0. The molecule has 7 heteroatoms. The van der Waals surface area contributed by atoms with Crippen LogP contribution < -0.4 is 11.5 Å². The summed E-state index contributed by atoms with van der Waals surface area (Å²) < 4.78 is 0.744. The lowest BCUT2D eigenvalue weighted by molar-refractivity contribution is 0.0997. The summed E-state index contributed by atoms with van der Waals surface area (Å²) in [5.74, 6) is -0.480. The minimum Gasteiger partial charge on any atom is -0.399 e. The third kappa shape index (κ3) is 2.31. The minimum absolute atomic E-state index is 0.439. The first-order valence-corrected chi connectivity index (χ1v) is 6.00. The second-order valence-corrected chi connectivity index (χ2v) is 5.05. The van der Waals surface area contributed by atoms with Crippen molar-refractivity contribution in [1.29, 1.82) is 0 Å². The fourth-order valence-corrected chi connectivity index (χ4v) is 2.75. The van der Waals surface area contributed by atoms with E-state index in [0.29, 0.717) is 16.1 Å². The minimum atomic E-state index is -0.480. The van der Waals surface area contributed by atoms with E-state index in [1.165, 1.54) is 23.1 Å². The van der Waals surface area contributed by atoms with Gasteiger partial charge in [-0.3, -0.25) is 4.79 Å². The maximum Gasteiger partial charge on any atom is 0.249 e. The third-order valence-corrected chi connectivity index (χ3v) is 3.64. The Bertz CT molecular complexity index is 512. The van der Waals surface area contributed by atoms with Gasteiger partial charge in [-0.15, -0.1) is 10.2 Å². The van der Waals surface area contributed by atoms with E-state index in [4.69, 9.17) is 11.5 Å². The van der Waals surface area contributed by atoms with Crippen molar-refractivity contribution >= 4 is 34.7 Å². The van der Waals surface area contributed by atoms with Crippen LogP contribution in [0.25, 0.3) is 0 Å². The number of hydrogen-bond acceptors (Lipinski definition) is 6. The number of hydrogen-bond donors (Lipinski definition) is 2. The molecule has 82 valence electrons. The summed E-state index contributed by atoms with van der Waals surface area (Å²) in [6, 6.07) is 4.96. The predicted molar refractivity (Wildman–Crippen MR) is 63.4 cm³/mol. The van der Waals surface area contributed by atoms with Gasteiger partial charge in [-0.05, 0) is 18.2 Å². The number of nitrogens with zero attached hydrogens (tertiary/aromatic N) is 2. The molecule has 0 saturated carbocycles. The maximum atomic E-state index is 11.2. The van der Waals surface area contributed by atoms with Gasteiger partial charge in [0.15, 0.2) is 4.34 Å². The molecule has 2 rings (SSSR count). The molecule has 1 aromatic heterocycles. The summed E-state index contributed by atoms with van der Waals surface area (Å²) in [5, 5.41) is 7.60. The summed E-state index contributed by atoms with van der Waals surface area (Å²) in [5.41, 5.74) is 13.6. The monoisotopic (exact) mass is 252 g/mol. The Kier molecular flexibility index (Phi) is 3.07. The van der Waals surface area contributed by atoms with Gasteiger partial charge in [0.05, 0.1) is 5.56 Å². The Balaban J connectivity index is 2.38. The number of amides is 1. The molecule has 1 amide bonds. The van der Waals surface area contributed by atoms with Gasteiger partial charge >= 0.3 is 0 Å². The summed E-state index contributed by atoms with van der Waals surface area (Å²) in [7, 11) is 0. The van der Waals surface area contributed by atoms with E-state index in [1.807, 2.05) is 0 Å². The van der Waals surface area contributed by atoms with E-state index in [0.717, 1.165) is 4.34 Å². The molecule has 0 atom stereocenters. The van der Waals surface area contributed by atoms with Crippen LogP contribution >= 0.6 is 23.1 Å². The molecule has 16 heavy (non-hydrogen) atoms. The van der Waals surface area contributed by atoms with Crippen LogP contribution in [0, 0.1) is 0 Å². The number of nitrogen functional groups attached to an aromatic ring is 1. The lowest BCUT2D eigenvalue weighted by Crippen LogP contribution is -2.12. The Morgan fingerprint density at radius 2 is 2.25 bits per heavy atom. The Labute approximate surface area is 99.9 Å². The third-order valence-electron chi connectivity index (χ3n) is 1.81. The van der Waals surface area contributed by atoms with Gasteiger partial charge in [0.2, 0.25) is 5.91 Å². The second kappa shape index (κ2) is 4.50. The van der Waals surface area contributed by atoms with E-state index in [-0.39, 0.29) is 0 Å². The van der Waals surface area contributed by atoms with E-state index in [2.05, 4.69) is 10.2 Å². The number of carbonyl (C=O) groups excluding carboxylic acids is 1. The second-order valence-electron chi connectivity index (χ2n) is 2.93. The topological polar surface area (TPSA) is 94.9 Å². The smallest absolute Gasteiger partial charge is 0.249 e. The lowest BCUT2D eigenvalue weighted by atomic mass is 10.2. The Hall–Kier alpha value is -1.60. The van der Waals surface area contributed by atoms with Crippen molar-refractivity contribution in [2.75, 3.05) is 5.73 Å². The van der Waals surface area contributed by atoms with Crippen molar-refractivity contribution in [3.05, 3.63) is 29.3 Å². The van der Waals surface area contributed by atoms with E-state index < -0.39 is 5.91 Å². The highest BCUT2D eigenvalue weighted by molar-refractivity contribution is 8.01. The molecule has 0 aliphatic heterocycles. The largest absolute Gasteiger partial charge is 0.399 e. The molecule has 0 aliphatic carbocycles. The molecule has 0 aliphatic rings. The lowest BCUT2D eigenvalue weighted by Gasteiger charge is -2.04. The van der Waals surface area contributed by atoms with Crippen LogP contribution in [0.2, 0.25) is 0 Å². The number of nitrogens with two attached hydrogens (primary N) is 2. The Morgan fingerprint density at radius 1 is 1.44 bits per heavy atom. The van der Waals surface area contributed by atoms with Crippen LogP contribution in [0.1, 0.15) is 10.4 Å². The SMILES string of the molecule is NC(=O)c1ccc(N)cc1Sc1nncs1. The van der Waals surface area contributed by atoms with Crippen LogP contribution in [-0.2, 0) is 0 Å². The van der Waals surface area contributed by atoms with Gasteiger partial charge in [-0.2, -0.15) is 0 Å². The van der Waals surface area contributed by atoms with Gasteiger partial charge in [-0.1, -0.05) is 23.1 Å². The van der Waals surface area contributed by atoms with Gasteiger partial charge in [0.1, 0.15) is 5.51 Å². The molecular weight excluding hydrogens is 244 g/mol. The molecule has 0 spiro atoms. The highest BCUT2D eigenvalue weighted by atomic mass is 32.2. The zero-order valence-electron chi connectivity index (χ0n) is 8.08. The average Bonchev–Trinajstić information content (AvgIpc) is 2.70. The summed E-state index contributed by atoms with van der Waals surface area (Å²) in [4.78, 5) is 11.9. The van der Waals surface area contributed by atoms with Crippen LogP contribution in [0.5, 0.6) is 0 Å². The highest BCUT2D eigenvalue weighted by Gasteiger charge is 2.11. The molecule has 1 heterocycles. The standard InChI is InChI=1S/C9H8N4OS2/c10-5-1-2-6(8(11)14)7(3-5)16-9-13-12-4-15-9/h1-4H,10H2,(H2,11,14). The van der Waals surface area contributed by atoms with Crippen LogP contribution in [0.4, 0.5) is 5.69 Å². The fraction of sp³-hybridized carbons (Fsp3) is 0. The zero-order valence-corrected chi connectivity index (χ0v) is 9.72. The number of anilines is 1. The van der Waals surface area contributed by atoms with Crippen LogP contribution in [0.3, 0.4) is 0 Å². The number of rotatable bonds is 3. The van der Waals surface area contributed by atoms with Crippen LogP contribution in [-0.4, -0.2) is 16.1 Å². The Morgan fingerprint density at radius 3 is 2.88 bits per heavy atom. The molecule has 0 unspecified atom stereocenters. The van der Waals surface area contributed by atoms with E-state index >= 15 is 0 Å². The molecule has 0 bridgehead atoms. The van der Waals surface area contributed by atoms with Crippen molar-refractivity contribution in [3.8, 4) is 0 Å². The van der Waals surface area contributed by atoms with Gasteiger partial charge < -0.3 is 11.5 Å². The molecule has 0 fully saturated rings. The van der Waals surface area contributed by atoms with Crippen molar-refractivity contribution < 1.29 is 4.79 Å². The predicted octanol–water partition coefficient (Wildman–Crippen LogP) is 1.37. The molecule has 0 radical (unpaired) electrons. The maximum absolute atomic E-state index is 11.2. The molecule has 2 aromatic rings. The first kappa shape index (κ1) is 10.9. The van der Waals surface area contributed by atoms with E-state index in [9.17, 15) is 4.79 Å². The molecular formula is C9H8N4OS2. The molecule has 0 saturated heterocycles. The fourth-order valence-electron chi connectivity index (χ4n) is 1.13. The first-order chi connectivity index (χ1) is 7.66. The normalized spacial score (nSPS) is 10.2. The number of benzene rings is 1. The van der Waals surface area contributed by atoms with Gasteiger partial charge in [-0.25, -0.2) is 0 Å². The van der Waals surface area contributed by atoms with Crippen molar-refractivity contribution in [3.63, 3.8) is 0 Å². The van der Waals surface area contributed by atoms with Gasteiger partial charge in [0.25, 0.3) is 0 Å².